The molecule has 0 heterocycles. The number of hydrogen-bond acceptors (Lipinski definition) is 5. The fourth-order valence-corrected chi connectivity index (χ4v) is 2.11. The Bertz CT molecular complexity index is 908. The predicted molar refractivity (Wildman–Crippen MR) is 88.4 cm³/mol. The Hall–Kier alpha value is -3.64. The summed E-state index contributed by atoms with van der Waals surface area (Å²) in [7, 11) is 1.43. The first-order chi connectivity index (χ1) is 12.1. The summed E-state index contributed by atoms with van der Waals surface area (Å²) in [4.78, 5) is 12.3. The zero-order chi connectivity index (χ0) is 18.2. The summed E-state index contributed by atoms with van der Waals surface area (Å²) in [5, 5.41) is 17.8. The largest absolute Gasteiger partial charge is 0.493 e. The number of nitriles is 2. The van der Waals surface area contributed by atoms with Crippen LogP contribution in [-0.2, 0) is 0 Å². The highest BCUT2D eigenvalue weighted by Gasteiger charge is 2.16. The van der Waals surface area contributed by atoms with Crippen molar-refractivity contribution in [2.75, 3.05) is 13.7 Å². The Balaban J connectivity index is 2.37. The summed E-state index contributed by atoms with van der Waals surface area (Å²) >= 11 is 0. The van der Waals surface area contributed by atoms with E-state index in [2.05, 4.69) is 0 Å². The lowest BCUT2D eigenvalue weighted by Gasteiger charge is -2.09. The van der Waals surface area contributed by atoms with Crippen molar-refractivity contribution in [3.05, 3.63) is 65.0 Å². The van der Waals surface area contributed by atoms with Crippen LogP contribution in [0.3, 0.4) is 0 Å². The number of ether oxygens (including phenoxy) is 2. The molecule has 0 aliphatic carbocycles. The minimum absolute atomic E-state index is 0.138. The molecule has 0 bridgehead atoms. The van der Waals surface area contributed by atoms with E-state index >= 15 is 0 Å². The van der Waals surface area contributed by atoms with E-state index in [4.69, 9.17) is 14.7 Å². The molecule has 5 nitrogen and oxygen atoms in total. The van der Waals surface area contributed by atoms with E-state index in [0.717, 1.165) is 6.07 Å². The molecular weight excluding hydrogens is 323 g/mol. The van der Waals surface area contributed by atoms with Crippen molar-refractivity contribution in [2.45, 2.75) is 0 Å². The summed E-state index contributed by atoms with van der Waals surface area (Å²) in [5.41, 5.74) is 0.122. The normalized spacial score (nSPS) is 10.5. The van der Waals surface area contributed by atoms with E-state index in [1.165, 1.54) is 31.4 Å². The molecule has 2 rings (SSSR count). The van der Waals surface area contributed by atoms with Crippen LogP contribution in [0.1, 0.15) is 15.9 Å². The van der Waals surface area contributed by atoms with Crippen LogP contribution in [0, 0.1) is 28.5 Å². The van der Waals surface area contributed by atoms with Crippen molar-refractivity contribution in [2.24, 2.45) is 0 Å². The van der Waals surface area contributed by atoms with Crippen LogP contribution in [0.15, 0.2) is 48.0 Å². The summed E-state index contributed by atoms with van der Waals surface area (Å²) < 4.78 is 24.1. The molecule has 0 saturated heterocycles. The number of rotatable bonds is 6. The lowest BCUT2D eigenvalue weighted by Crippen LogP contribution is -2.04. The first kappa shape index (κ1) is 17.7. The molecule has 0 atom stereocenters. The topological polar surface area (TPSA) is 83.1 Å². The monoisotopic (exact) mass is 336 g/mol. The average molecular weight is 336 g/mol. The number of allylic oxidation sites excluding steroid dienone is 1. The molecule has 0 N–H and O–H groups in total. The van der Waals surface area contributed by atoms with Crippen LogP contribution in [0.4, 0.5) is 4.39 Å². The second kappa shape index (κ2) is 8.28. The minimum atomic E-state index is -0.704. The van der Waals surface area contributed by atoms with E-state index in [1.807, 2.05) is 6.07 Å². The third-order valence-corrected chi connectivity index (χ3v) is 3.27. The zero-order valence-corrected chi connectivity index (χ0v) is 13.3. The number of ketones is 1. The van der Waals surface area contributed by atoms with Crippen LogP contribution >= 0.6 is 0 Å². The van der Waals surface area contributed by atoms with Crippen LogP contribution in [-0.4, -0.2) is 19.5 Å². The van der Waals surface area contributed by atoms with Gasteiger partial charge in [0.1, 0.15) is 23.5 Å². The predicted octanol–water partition coefficient (Wildman–Crippen LogP) is 3.53. The summed E-state index contributed by atoms with van der Waals surface area (Å²) in [6, 6.07) is 13.8. The Morgan fingerprint density at radius 2 is 1.96 bits per heavy atom. The number of hydrogen-bond donors (Lipinski definition) is 0. The maximum absolute atomic E-state index is 13.7. The van der Waals surface area contributed by atoms with Crippen molar-refractivity contribution in [1.29, 1.82) is 10.5 Å². The fraction of sp³-hybridized carbons (Fsp3) is 0.105. The fourth-order valence-electron chi connectivity index (χ4n) is 2.11. The van der Waals surface area contributed by atoms with Gasteiger partial charge < -0.3 is 9.47 Å². The molecule has 0 aromatic heterocycles. The van der Waals surface area contributed by atoms with Gasteiger partial charge in [-0.2, -0.15) is 10.5 Å². The van der Waals surface area contributed by atoms with Gasteiger partial charge in [0.05, 0.1) is 12.7 Å². The SMILES string of the molecule is COc1cc(/C=C(\C#N)C(=O)c2ccccc2F)ccc1OCC#N. The number of benzene rings is 2. The average Bonchev–Trinajstić information content (AvgIpc) is 2.64. The first-order valence-electron chi connectivity index (χ1n) is 7.19. The third-order valence-electron chi connectivity index (χ3n) is 3.27. The molecule has 0 radical (unpaired) electrons. The Labute approximate surface area is 144 Å². The highest BCUT2D eigenvalue weighted by atomic mass is 19.1. The highest BCUT2D eigenvalue weighted by Crippen LogP contribution is 2.29. The molecule has 25 heavy (non-hydrogen) atoms. The van der Waals surface area contributed by atoms with Gasteiger partial charge in [-0.1, -0.05) is 18.2 Å². The van der Waals surface area contributed by atoms with Crippen molar-refractivity contribution in [1.82, 2.24) is 0 Å². The minimum Gasteiger partial charge on any atom is -0.493 e. The van der Waals surface area contributed by atoms with Crippen molar-refractivity contribution in [3.63, 3.8) is 0 Å². The van der Waals surface area contributed by atoms with Crippen molar-refractivity contribution < 1.29 is 18.7 Å². The Morgan fingerprint density at radius 3 is 2.60 bits per heavy atom. The van der Waals surface area contributed by atoms with Gasteiger partial charge in [-0.25, -0.2) is 4.39 Å². The molecule has 0 aliphatic heterocycles. The van der Waals surface area contributed by atoms with E-state index in [0.29, 0.717) is 17.1 Å². The number of Topliss-reactive ketones (excluding diaryl/α,β-unsaturated/α-hetero) is 1. The van der Waals surface area contributed by atoms with Gasteiger partial charge in [-0.05, 0) is 35.9 Å². The van der Waals surface area contributed by atoms with Crippen LogP contribution in [0.2, 0.25) is 0 Å². The maximum Gasteiger partial charge on any atom is 0.206 e. The lowest BCUT2D eigenvalue weighted by atomic mass is 10.0. The van der Waals surface area contributed by atoms with E-state index in [1.54, 1.807) is 24.3 Å². The molecule has 0 aliphatic rings. The highest BCUT2D eigenvalue weighted by molar-refractivity contribution is 6.14. The van der Waals surface area contributed by atoms with Gasteiger partial charge in [0.15, 0.2) is 18.1 Å². The molecule has 0 spiro atoms. The second-order valence-electron chi connectivity index (χ2n) is 4.84. The number of carbonyl (C=O) groups excluding carboxylic acids is 1. The summed E-state index contributed by atoms with van der Waals surface area (Å²) in [6.45, 7) is -0.138. The lowest BCUT2D eigenvalue weighted by molar-refractivity contribution is 0.103. The smallest absolute Gasteiger partial charge is 0.206 e. The second-order valence-corrected chi connectivity index (χ2v) is 4.84. The van der Waals surface area contributed by atoms with Crippen molar-refractivity contribution >= 4 is 11.9 Å². The molecule has 0 fully saturated rings. The number of carbonyl (C=O) groups is 1. The van der Waals surface area contributed by atoms with Gasteiger partial charge in [0.25, 0.3) is 0 Å². The molecule has 0 unspecified atom stereocenters. The number of methoxy groups -OCH3 is 1. The maximum atomic E-state index is 13.7. The Kier molecular flexibility index (Phi) is 5.86. The summed E-state index contributed by atoms with van der Waals surface area (Å²) in [5.74, 6) is -0.685. The summed E-state index contributed by atoms with van der Waals surface area (Å²) in [6.07, 6.45) is 1.34. The standard InChI is InChI=1S/C19H13FN2O3/c1-24-18-11-13(6-7-17(18)25-9-8-21)10-14(12-22)19(23)15-4-2-3-5-16(15)20/h2-7,10-11H,9H2,1H3/b14-10+. The first-order valence-corrected chi connectivity index (χ1v) is 7.19. The molecule has 124 valence electrons. The molecular formula is C19H13FN2O3. The van der Waals surface area contributed by atoms with Gasteiger partial charge >= 0.3 is 0 Å². The van der Waals surface area contributed by atoms with E-state index in [9.17, 15) is 14.4 Å². The third kappa shape index (κ3) is 4.21. The molecule has 2 aromatic rings. The molecule has 2 aromatic carbocycles. The van der Waals surface area contributed by atoms with Crippen LogP contribution in [0.5, 0.6) is 11.5 Å². The molecule has 0 amide bonds. The Morgan fingerprint density at radius 1 is 1.20 bits per heavy atom. The van der Waals surface area contributed by atoms with Gasteiger partial charge in [-0.3, -0.25) is 4.79 Å². The van der Waals surface area contributed by atoms with Gasteiger partial charge in [0.2, 0.25) is 5.78 Å². The van der Waals surface area contributed by atoms with Crippen molar-refractivity contribution in [3.8, 4) is 23.6 Å². The zero-order valence-electron chi connectivity index (χ0n) is 13.3. The van der Waals surface area contributed by atoms with Crippen LogP contribution < -0.4 is 9.47 Å². The van der Waals surface area contributed by atoms with Crippen LogP contribution in [0.25, 0.3) is 6.08 Å². The van der Waals surface area contributed by atoms with Gasteiger partial charge in [-0.15, -0.1) is 0 Å². The molecule has 0 saturated carbocycles. The molecule has 6 heteroatoms. The number of nitrogens with zero attached hydrogens (tertiary/aromatic N) is 2. The number of halogens is 1. The van der Waals surface area contributed by atoms with E-state index < -0.39 is 11.6 Å². The quantitative estimate of drug-likeness (QED) is 0.458. The van der Waals surface area contributed by atoms with E-state index in [-0.39, 0.29) is 17.7 Å². The van der Waals surface area contributed by atoms with Gasteiger partial charge in [0, 0.05) is 0 Å².